The Kier molecular flexibility index (Phi) is 6.68. The summed E-state index contributed by atoms with van der Waals surface area (Å²) in [6.45, 7) is 8.32. The maximum atomic E-state index is 11.2. The third-order valence-corrected chi connectivity index (χ3v) is 3.00. The van der Waals surface area contributed by atoms with Crippen LogP contribution in [0.1, 0.15) is 31.1 Å². The number of aromatic carboxylic acids is 1. The zero-order chi connectivity index (χ0) is 15.8. The van der Waals surface area contributed by atoms with Gasteiger partial charge in [-0.3, -0.25) is 4.79 Å². The van der Waals surface area contributed by atoms with Crippen molar-refractivity contribution < 1.29 is 24.2 Å². The van der Waals surface area contributed by atoms with Crippen LogP contribution in [-0.2, 0) is 4.79 Å². The van der Waals surface area contributed by atoms with E-state index in [4.69, 9.17) is 9.47 Å². The summed E-state index contributed by atoms with van der Waals surface area (Å²) in [6, 6.07) is 4.31. The normalized spacial score (nSPS) is 10.5. The molecule has 6 heteroatoms. The molecule has 0 saturated carbocycles. The molecule has 1 N–H and O–H groups in total. The van der Waals surface area contributed by atoms with E-state index in [2.05, 4.69) is 18.7 Å². The quantitative estimate of drug-likeness (QED) is 0.584. The van der Waals surface area contributed by atoms with E-state index in [-0.39, 0.29) is 17.1 Å². The van der Waals surface area contributed by atoms with Gasteiger partial charge in [-0.1, -0.05) is 13.8 Å². The maximum absolute atomic E-state index is 11.2. The van der Waals surface area contributed by atoms with E-state index in [1.165, 1.54) is 25.1 Å². The van der Waals surface area contributed by atoms with Gasteiger partial charge < -0.3 is 19.5 Å². The lowest BCUT2D eigenvalue weighted by Gasteiger charge is -2.18. The van der Waals surface area contributed by atoms with Gasteiger partial charge in [0.15, 0.2) is 0 Å². The molecule has 1 rings (SSSR count). The molecule has 0 aliphatic rings. The Morgan fingerprint density at radius 1 is 1.24 bits per heavy atom. The second-order valence-electron chi connectivity index (χ2n) is 4.43. The van der Waals surface area contributed by atoms with Crippen LogP contribution in [0.2, 0.25) is 0 Å². The Balaban J connectivity index is 2.77. The molecule has 0 unspecified atom stereocenters. The summed E-state index contributed by atoms with van der Waals surface area (Å²) in [4.78, 5) is 24.3. The fraction of sp³-hybridized carbons (Fsp3) is 0.467. The minimum absolute atomic E-state index is 0.0201. The first-order valence-corrected chi connectivity index (χ1v) is 6.88. The summed E-state index contributed by atoms with van der Waals surface area (Å²) in [6.07, 6.45) is 0. The summed E-state index contributed by atoms with van der Waals surface area (Å²) >= 11 is 0. The molecule has 0 aliphatic carbocycles. The second kappa shape index (κ2) is 8.26. The molecule has 0 radical (unpaired) electrons. The lowest BCUT2D eigenvalue weighted by Crippen LogP contribution is -2.28. The lowest BCUT2D eigenvalue weighted by molar-refractivity contribution is -0.131. The van der Waals surface area contributed by atoms with Crippen molar-refractivity contribution in [3.63, 3.8) is 0 Å². The molecule has 0 amide bonds. The van der Waals surface area contributed by atoms with Crippen LogP contribution in [-0.4, -0.2) is 48.2 Å². The number of carboxylic acids is 1. The van der Waals surface area contributed by atoms with Crippen LogP contribution >= 0.6 is 0 Å². The van der Waals surface area contributed by atoms with Gasteiger partial charge in [-0.25, -0.2) is 4.79 Å². The molecule has 0 aliphatic heterocycles. The molecular formula is C15H21NO5. The van der Waals surface area contributed by atoms with E-state index in [9.17, 15) is 14.7 Å². The average molecular weight is 295 g/mol. The highest BCUT2D eigenvalue weighted by Gasteiger charge is 2.14. The van der Waals surface area contributed by atoms with E-state index in [1.807, 2.05) is 0 Å². The Labute approximate surface area is 124 Å². The van der Waals surface area contributed by atoms with Gasteiger partial charge >= 0.3 is 11.9 Å². The number of ether oxygens (including phenoxy) is 2. The van der Waals surface area contributed by atoms with Crippen molar-refractivity contribution >= 4 is 11.9 Å². The summed E-state index contributed by atoms with van der Waals surface area (Å²) in [5, 5.41) is 9.19. The van der Waals surface area contributed by atoms with Crippen molar-refractivity contribution in [2.45, 2.75) is 20.8 Å². The number of carbonyl (C=O) groups is 2. The third kappa shape index (κ3) is 5.43. The van der Waals surface area contributed by atoms with Gasteiger partial charge in [0, 0.05) is 13.5 Å². The third-order valence-electron chi connectivity index (χ3n) is 3.00. The molecule has 1 aromatic carbocycles. The molecule has 0 atom stereocenters. The molecule has 0 fully saturated rings. The van der Waals surface area contributed by atoms with Gasteiger partial charge in [0.2, 0.25) is 0 Å². The Bertz CT molecular complexity index is 497. The van der Waals surface area contributed by atoms with Gasteiger partial charge in [0.1, 0.15) is 23.7 Å². The first-order valence-electron chi connectivity index (χ1n) is 6.88. The molecule has 21 heavy (non-hydrogen) atoms. The van der Waals surface area contributed by atoms with Crippen LogP contribution in [0.5, 0.6) is 11.5 Å². The smallest absolute Gasteiger partial charge is 0.339 e. The number of rotatable bonds is 8. The zero-order valence-corrected chi connectivity index (χ0v) is 12.6. The van der Waals surface area contributed by atoms with E-state index >= 15 is 0 Å². The van der Waals surface area contributed by atoms with Crippen molar-refractivity contribution in [1.82, 2.24) is 4.90 Å². The number of carbonyl (C=O) groups excluding carboxylic acids is 1. The van der Waals surface area contributed by atoms with Crippen LogP contribution in [0.25, 0.3) is 0 Å². The number of carboxylic acid groups (broad SMARTS) is 1. The number of hydrogen-bond donors (Lipinski definition) is 1. The monoisotopic (exact) mass is 295 g/mol. The summed E-state index contributed by atoms with van der Waals surface area (Å²) in [5.41, 5.74) is -0.0201. The largest absolute Gasteiger partial charge is 0.491 e. The van der Waals surface area contributed by atoms with E-state index in [1.54, 1.807) is 0 Å². The zero-order valence-electron chi connectivity index (χ0n) is 12.6. The summed E-state index contributed by atoms with van der Waals surface area (Å²) in [7, 11) is 0. The van der Waals surface area contributed by atoms with Crippen molar-refractivity contribution in [2.75, 3.05) is 26.2 Å². The van der Waals surface area contributed by atoms with Gasteiger partial charge in [-0.05, 0) is 31.3 Å². The van der Waals surface area contributed by atoms with Gasteiger partial charge in [0.25, 0.3) is 0 Å². The molecule has 0 bridgehead atoms. The molecule has 6 nitrogen and oxygen atoms in total. The summed E-state index contributed by atoms with van der Waals surface area (Å²) < 4.78 is 10.4. The van der Waals surface area contributed by atoms with Gasteiger partial charge in [-0.15, -0.1) is 0 Å². The van der Waals surface area contributed by atoms with Crippen LogP contribution in [0.3, 0.4) is 0 Å². The highest BCUT2D eigenvalue weighted by molar-refractivity contribution is 5.91. The SMILES string of the molecule is CCN(CC)CCOc1ccc(OC(C)=O)cc1C(=O)O. The predicted molar refractivity (Wildman–Crippen MR) is 78.0 cm³/mol. The molecule has 0 spiro atoms. The number of benzene rings is 1. The first kappa shape index (κ1) is 17.0. The number of likely N-dealkylation sites (N-methyl/N-ethyl adjacent to an activating group) is 1. The fourth-order valence-electron chi connectivity index (χ4n) is 1.86. The summed E-state index contributed by atoms with van der Waals surface area (Å²) in [5.74, 6) is -1.16. The standard InChI is InChI=1S/C15H21NO5/c1-4-16(5-2)8-9-20-14-7-6-12(21-11(3)17)10-13(14)15(18)19/h6-7,10H,4-5,8-9H2,1-3H3,(H,18,19). The Morgan fingerprint density at radius 3 is 2.43 bits per heavy atom. The van der Waals surface area contributed by atoms with Crippen molar-refractivity contribution in [2.24, 2.45) is 0 Å². The topological polar surface area (TPSA) is 76.1 Å². The van der Waals surface area contributed by atoms with Gasteiger partial charge in [0.05, 0.1) is 0 Å². The fourth-order valence-corrected chi connectivity index (χ4v) is 1.86. The minimum atomic E-state index is -1.12. The lowest BCUT2D eigenvalue weighted by atomic mass is 10.2. The number of nitrogens with zero attached hydrogens (tertiary/aromatic N) is 1. The Hall–Kier alpha value is -2.08. The van der Waals surface area contributed by atoms with Crippen molar-refractivity contribution in [1.29, 1.82) is 0 Å². The minimum Gasteiger partial charge on any atom is -0.491 e. The van der Waals surface area contributed by atoms with Crippen molar-refractivity contribution in [3.05, 3.63) is 23.8 Å². The molecule has 0 heterocycles. The Morgan fingerprint density at radius 2 is 1.90 bits per heavy atom. The molecule has 116 valence electrons. The van der Waals surface area contributed by atoms with Crippen LogP contribution in [0.15, 0.2) is 18.2 Å². The predicted octanol–water partition coefficient (Wildman–Crippen LogP) is 2.03. The van der Waals surface area contributed by atoms with Crippen LogP contribution < -0.4 is 9.47 Å². The average Bonchev–Trinajstić information content (AvgIpc) is 2.44. The molecule has 0 saturated heterocycles. The molecule has 1 aromatic rings. The second-order valence-corrected chi connectivity index (χ2v) is 4.43. The van der Waals surface area contributed by atoms with Crippen LogP contribution in [0.4, 0.5) is 0 Å². The highest BCUT2D eigenvalue weighted by atomic mass is 16.5. The maximum Gasteiger partial charge on any atom is 0.339 e. The number of esters is 1. The highest BCUT2D eigenvalue weighted by Crippen LogP contribution is 2.24. The van der Waals surface area contributed by atoms with E-state index in [0.717, 1.165) is 19.6 Å². The van der Waals surface area contributed by atoms with Crippen LogP contribution in [0, 0.1) is 0 Å². The molecule has 0 aromatic heterocycles. The number of hydrogen-bond acceptors (Lipinski definition) is 5. The first-order chi connectivity index (χ1) is 9.97. The molecular weight excluding hydrogens is 274 g/mol. The van der Waals surface area contributed by atoms with E-state index < -0.39 is 11.9 Å². The van der Waals surface area contributed by atoms with E-state index in [0.29, 0.717) is 6.61 Å². The van der Waals surface area contributed by atoms with Gasteiger partial charge in [-0.2, -0.15) is 0 Å². The van der Waals surface area contributed by atoms with Crippen molar-refractivity contribution in [3.8, 4) is 11.5 Å².